The minimum absolute atomic E-state index is 0.0520. The van der Waals surface area contributed by atoms with Crippen LogP contribution >= 0.6 is 0 Å². The summed E-state index contributed by atoms with van der Waals surface area (Å²) in [7, 11) is 0. The number of alkyl halides is 3. The Balaban J connectivity index is 1.24. The first-order valence-corrected chi connectivity index (χ1v) is 13.2. The Bertz CT molecular complexity index is 1270. The van der Waals surface area contributed by atoms with E-state index < -0.39 is 23.9 Å². The number of hydrogen-bond acceptors (Lipinski definition) is 7. The van der Waals surface area contributed by atoms with E-state index in [-0.39, 0.29) is 29.9 Å². The third-order valence-corrected chi connectivity index (χ3v) is 6.80. The summed E-state index contributed by atoms with van der Waals surface area (Å²) < 4.78 is 46.6. The average molecular weight is 579 g/mol. The Morgan fingerprint density at radius 2 is 1.85 bits per heavy atom. The molecular formula is C27H33F3N6O5. The normalized spacial score (nSPS) is 17.7. The molecule has 4 amide bonds. The molecule has 222 valence electrons. The number of nitrogens with two attached hydrogens (primary N) is 1. The lowest BCUT2D eigenvalue weighted by Gasteiger charge is -2.27. The van der Waals surface area contributed by atoms with E-state index in [0.717, 1.165) is 41.6 Å². The average Bonchev–Trinajstić information content (AvgIpc) is 3.36. The first kappa shape index (κ1) is 29.9. The number of benzene rings is 2. The summed E-state index contributed by atoms with van der Waals surface area (Å²) in [4.78, 5) is 41.4. The van der Waals surface area contributed by atoms with Crippen LogP contribution < -0.4 is 26.4 Å². The molecule has 0 unspecified atom stereocenters. The molecule has 0 aliphatic carbocycles. The topological polar surface area (TPSA) is 138 Å². The van der Waals surface area contributed by atoms with Gasteiger partial charge in [0.2, 0.25) is 5.91 Å². The van der Waals surface area contributed by atoms with E-state index in [1.165, 1.54) is 0 Å². The maximum atomic E-state index is 12.6. The van der Waals surface area contributed by atoms with E-state index in [0.29, 0.717) is 45.8 Å². The van der Waals surface area contributed by atoms with Crippen molar-refractivity contribution in [3.63, 3.8) is 0 Å². The number of likely N-dealkylation sites (tertiary alicyclic amines) is 1. The highest BCUT2D eigenvalue weighted by molar-refractivity contribution is 6.01. The van der Waals surface area contributed by atoms with Crippen LogP contribution in [-0.2, 0) is 16.1 Å². The van der Waals surface area contributed by atoms with Crippen molar-refractivity contribution in [3.05, 3.63) is 53.1 Å². The van der Waals surface area contributed by atoms with Crippen molar-refractivity contribution in [2.45, 2.75) is 32.3 Å². The zero-order chi connectivity index (χ0) is 29.6. The standard InChI is InChI=1S/C27H33F3N6O5/c1-17-2-3-18(12-23(17)34-26(39)36-8-10-40-11-9-36)15-35-7-6-19(16-35)33-24(37)14-32-25(38)21-13-20(4-5-22(21)31)41-27(28,29)30/h2-5,12-13,19H,6-11,14-16,31H2,1H3,(H,32,38)(H,33,37)(H,34,39)/t19-/m1/s1. The zero-order valence-electron chi connectivity index (χ0n) is 22.6. The number of nitrogen functional groups attached to an aromatic ring is 1. The summed E-state index contributed by atoms with van der Waals surface area (Å²) in [6, 6.07) is 8.61. The third kappa shape index (κ3) is 8.72. The van der Waals surface area contributed by atoms with E-state index in [9.17, 15) is 27.6 Å². The van der Waals surface area contributed by atoms with Crippen LogP contribution in [0.5, 0.6) is 5.75 Å². The highest BCUT2D eigenvalue weighted by Crippen LogP contribution is 2.26. The number of hydrogen-bond donors (Lipinski definition) is 4. The Kier molecular flexibility index (Phi) is 9.55. The Labute approximate surface area is 235 Å². The number of nitrogens with one attached hydrogen (secondary N) is 3. The fourth-order valence-electron chi connectivity index (χ4n) is 4.68. The molecule has 2 saturated heterocycles. The molecule has 0 radical (unpaired) electrons. The van der Waals surface area contributed by atoms with E-state index in [4.69, 9.17) is 10.5 Å². The van der Waals surface area contributed by atoms with Gasteiger partial charge in [-0.2, -0.15) is 0 Å². The van der Waals surface area contributed by atoms with Gasteiger partial charge in [-0.3, -0.25) is 14.5 Å². The monoisotopic (exact) mass is 578 g/mol. The molecule has 2 heterocycles. The van der Waals surface area contributed by atoms with Crippen molar-refractivity contribution < 1.29 is 37.0 Å². The van der Waals surface area contributed by atoms with Gasteiger partial charge in [0, 0.05) is 50.1 Å². The van der Waals surface area contributed by atoms with Crippen LogP contribution in [0.4, 0.5) is 29.3 Å². The maximum Gasteiger partial charge on any atom is 0.573 e. The molecule has 2 fully saturated rings. The van der Waals surface area contributed by atoms with Crippen LogP contribution in [0.25, 0.3) is 0 Å². The molecule has 2 aliphatic heterocycles. The van der Waals surface area contributed by atoms with Gasteiger partial charge in [-0.15, -0.1) is 13.2 Å². The number of morpholine rings is 1. The van der Waals surface area contributed by atoms with Crippen LogP contribution in [0.15, 0.2) is 36.4 Å². The van der Waals surface area contributed by atoms with Gasteiger partial charge in [-0.05, 0) is 48.7 Å². The first-order chi connectivity index (χ1) is 19.5. The molecule has 4 rings (SSSR count). The van der Waals surface area contributed by atoms with Crippen molar-refractivity contribution in [3.8, 4) is 5.75 Å². The molecule has 14 heteroatoms. The van der Waals surface area contributed by atoms with Crippen molar-refractivity contribution in [1.82, 2.24) is 20.4 Å². The Hall–Kier alpha value is -4.04. The van der Waals surface area contributed by atoms with E-state index in [2.05, 4.69) is 25.6 Å². The van der Waals surface area contributed by atoms with Gasteiger partial charge in [0.05, 0.1) is 25.3 Å². The Morgan fingerprint density at radius 1 is 1.10 bits per heavy atom. The predicted molar refractivity (Wildman–Crippen MR) is 144 cm³/mol. The predicted octanol–water partition coefficient (Wildman–Crippen LogP) is 2.46. The molecule has 41 heavy (non-hydrogen) atoms. The number of ether oxygens (including phenoxy) is 2. The molecule has 5 N–H and O–H groups in total. The maximum absolute atomic E-state index is 12.6. The number of nitrogens with zero attached hydrogens (tertiary/aromatic N) is 2. The quantitative estimate of drug-likeness (QED) is 0.353. The molecule has 11 nitrogen and oxygen atoms in total. The van der Waals surface area contributed by atoms with Crippen LogP contribution in [-0.4, -0.2) is 86.0 Å². The summed E-state index contributed by atoms with van der Waals surface area (Å²) in [6.07, 6.45) is -4.21. The highest BCUT2D eigenvalue weighted by atomic mass is 19.4. The molecule has 0 aromatic heterocycles. The number of amides is 4. The minimum Gasteiger partial charge on any atom is -0.406 e. The second-order valence-corrected chi connectivity index (χ2v) is 9.95. The molecule has 0 saturated carbocycles. The largest absolute Gasteiger partial charge is 0.573 e. The van der Waals surface area contributed by atoms with E-state index in [1.807, 2.05) is 25.1 Å². The third-order valence-electron chi connectivity index (χ3n) is 6.80. The second kappa shape index (κ2) is 13.1. The van der Waals surface area contributed by atoms with Gasteiger partial charge in [0.1, 0.15) is 5.75 Å². The number of anilines is 2. The number of aryl methyl sites for hydroxylation is 1. The van der Waals surface area contributed by atoms with Gasteiger partial charge in [-0.25, -0.2) is 4.79 Å². The fraction of sp³-hybridized carbons (Fsp3) is 0.444. The highest BCUT2D eigenvalue weighted by Gasteiger charge is 2.31. The molecular weight excluding hydrogens is 545 g/mol. The number of rotatable bonds is 8. The smallest absolute Gasteiger partial charge is 0.406 e. The van der Waals surface area contributed by atoms with Crippen LogP contribution in [0.3, 0.4) is 0 Å². The van der Waals surface area contributed by atoms with Crippen molar-refractivity contribution in [2.75, 3.05) is 57.0 Å². The summed E-state index contributed by atoms with van der Waals surface area (Å²) in [5, 5.41) is 8.24. The van der Waals surface area contributed by atoms with Crippen LogP contribution in [0.2, 0.25) is 0 Å². The SMILES string of the molecule is Cc1ccc(CN2CC[C@@H](NC(=O)CNC(=O)c3cc(OC(F)(F)F)ccc3N)C2)cc1NC(=O)N1CCOCC1. The molecule has 2 aromatic rings. The number of halogens is 3. The molecule has 0 spiro atoms. The second-order valence-electron chi connectivity index (χ2n) is 9.95. The summed E-state index contributed by atoms with van der Waals surface area (Å²) in [5.41, 5.74) is 8.14. The van der Waals surface area contributed by atoms with Crippen LogP contribution in [0, 0.1) is 6.92 Å². The fourth-order valence-corrected chi connectivity index (χ4v) is 4.68. The summed E-state index contributed by atoms with van der Waals surface area (Å²) in [6.45, 7) is 5.66. The van der Waals surface area contributed by atoms with Gasteiger partial charge >= 0.3 is 12.4 Å². The summed E-state index contributed by atoms with van der Waals surface area (Å²) in [5.74, 6) is -1.82. The van der Waals surface area contributed by atoms with Crippen LogP contribution in [0.1, 0.15) is 27.9 Å². The lowest BCUT2D eigenvalue weighted by Crippen LogP contribution is -2.43. The summed E-state index contributed by atoms with van der Waals surface area (Å²) >= 11 is 0. The van der Waals surface area contributed by atoms with Gasteiger partial charge in [-0.1, -0.05) is 12.1 Å². The Morgan fingerprint density at radius 3 is 2.59 bits per heavy atom. The van der Waals surface area contributed by atoms with Crippen molar-refractivity contribution in [1.29, 1.82) is 0 Å². The zero-order valence-corrected chi connectivity index (χ0v) is 22.6. The number of urea groups is 1. The van der Waals surface area contributed by atoms with Crippen molar-refractivity contribution >= 4 is 29.2 Å². The van der Waals surface area contributed by atoms with Crippen molar-refractivity contribution in [2.24, 2.45) is 0 Å². The van der Waals surface area contributed by atoms with E-state index in [1.54, 1.807) is 4.90 Å². The number of carbonyl (C=O) groups excluding carboxylic acids is 3. The number of carbonyl (C=O) groups is 3. The minimum atomic E-state index is -4.92. The lowest BCUT2D eigenvalue weighted by atomic mass is 10.1. The van der Waals surface area contributed by atoms with Gasteiger partial charge < -0.3 is 36.1 Å². The van der Waals surface area contributed by atoms with E-state index >= 15 is 0 Å². The molecule has 2 aliphatic rings. The molecule has 1 atom stereocenters. The molecule has 2 aromatic carbocycles. The van der Waals surface area contributed by atoms with Gasteiger partial charge in [0.15, 0.2) is 0 Å². The van der Waals surface area contributed by atoms with Gasteiger partial charge in [0.25, 0.3) is 5.91 Å². The first-order valence-electron chi connectivity index (χ1n) is 13.2. The lowest BCUT2D eigenvalue weighted by molar-refractivity contribution is -0.274. The molecule has 0 bridgehead atoms.